The second-order valence-corrected chi connectivity index (χ2v) is 10.1. The number of aryl methyl sites for hydroxylation is 1. The zero-order chi connectivity index (χ0) is 22.1. The number of fused-ring (bicyclic) bond motifs is 1. The molecule has 0 aromatic heterocycles. The largest absolute Gasteiger partial charge is 0.449 e. The molecule has 162 valence electrons. The maximum atomic E-state index is 12.9. The number of hydrogen-bond acceptors (Lipinski definition) is 5. The number of ether oxygens (including phenoxy) is 2. The van der Waals surface area contributed by atoms with E-state index in [9.17, 15) is 13.2 Å². The van der Waals surface area contributed by atoms with Crippen molar-refractivity contribution in [3.8, 4) is 11.5 Å². The molecule has 0 saturated heterocycles. The Kier molecular flexibility index (Phi) is 6.10. The normalized spacial score (nSPS) is 15.8. The Morgan fingerprint density at radius 3 is 2.30 bits per heavy atom. The van der Waals surface area contributed by atoms with Crippen LogP contribution in [0.1, 0.15) is 39.7 Å². The molecule has 1 aliphatic rings. The number of amides is 1. The van der Waals surface area contributed by atoms with Crippen LogP contribution in [-0.2, 0) is 14.8 Å². The molecule has 0 aliphatic carbocycles. The summed E-state index contributed by atoms with van der Waals surface area (Å²) in [4.78, 5) is 13.1. The lowest BCUT2D eigenvalue weighted by Crippen LogP contribution is -2.44. The van der Waals surface area contributed by atoms with Crippen LogP contribution in [-0.4, -0.2) is 26.2 Å². The van der Waals surface area contributed by atoms with Crippen LogP contribution in [0.5, 0.6) is 11.5 Å². The minimum atomic E-state index is -3.84. The lowest BCUT2D eigenvalue weighted by Gasteiger charge is -2.20. The molecular weight excluding hydrogens is 404 g/mol. The maximum Gasteiger partial charge on any atom is 0.246 e. The molecule has 0 bridgehead atoms. The van der Waals surface area contributed by atoms with Crippen molar-refractivity contribution in [3.63, 3.8) is 0 Å². The van der Waals surface area contributed by atoms with Gasteiger partial charge in [0.1, 0.15) is 6.04 Å². The molecule has 8 heteroatoms. The molecule has 1 amide bonds. The van der Waals surface area contributed by atoms with Crippen molar-refractivity contribution in [2.75, 3.05) is 5.32 Å². The van der Waals surface area contributed by atoms with Gasteiger partial charge in [-0.1, -0.05) is 31.5 Å². The fourth-order valence-corrected chi connectivity index (χ4v) is 4.39. The molecule has 30 heavy (non-hydrogen) atoms. The number of hydrogen-bond donors (Lipinski definition) is 2. The van der Waals surface area contributed by atoms with Gasteiger partial charge in [0.05, 0.1) is 4.90 Å². The van der Waals surface area contributed by atoms with Gasteiger partial charge in [0.15, 0.2) is 11.5 Å². The number of carbonyl (C=O) groups is 1. The first-order valence-electron chi connectivity index (χ1n) is 9.87. The highest BCUT2D eigenvalue weighted by Crippen LogP contribution is 2.40. The van der Waals surface area contributed by atoms with Crippen molar-refractivity contribution in [1.29, 1.82) is 0 Å². The second kappa shape index (κ2) is 8.28. The minimum Gasteiger partial charge on any atom is -0.449 e. The average molecular weight is 433 g/mol. The molecule has 1 unspecified atom stereocenters. The van der Waals surface area contributed by atoms with Gasteiger partial charge in [-0.05, 0) is 43.5 Å². The fourth-order valence-electron chi connectivity index (χ4n) is 3.18. The molecular formula is C22H28N2O5S. The first-order chi connectivity index (χ1) is 13.9. The Morgan fingerprint density at radius 2 is 1.67 bits per heavy atom. The van der Waals surface area contributed by atoms with Crippen molar-refractivity contribution in [2.24, 2.45) is 5.92 Å². The second-order valence-electron chi connectivity index (χ2n) is 8.37. The minimum absolute atomic E-state index is 0.110. The number of sulfonamides is 1. The van der Waals surface area contributed by atoms with Crippen LogP contribution < -0.4 is 19.5 Å². The Balaban J connectivity index is 1.77. The predicted molar refractivity (Wildman–Crippen MR) is 115 cm³/mol. The standard InChI is InChI=1S/C22H28N2O5S/c1-14(2)12-18(24-30(26,27)17-9-6-15(3)7-10-17)21(25)23-16-8-11-19-20(13-16)29-22(4,5)28-19/h6-11,13-14,18,24H,12H2,1-5H3,(H,23,25). The zero-order valence-corrected chi connectivity index (χ0v) is 18.7. The van der Waals surface area contributed by atoms with Gasteiger partial charge in [0.25, 0.3) is 0 Å². The third-order valence-corrected chi connectivity index (χ3v) is 6.06. The van der Waals surface area contributed by atoms with E-state index < -0.39 is 27.8 Å². The summed E-state index contributed by atoms with van der Waals surface area (Å²) in [5.74, 6) is 0.0289. The quantitative estimate of drug-likeness (QED) is 0.693. The lowest BCUT2D eigenvalue weighted by molar-refractivity contribution is -0.118. The predicted octanol–water partition coefficient (Wildman–Crippen LogP) is 3.83. The SMILES string of the molecule is Cc1ccc(S(=O)(=O)NC(CC(C)C)C(=O)Nc2ccc3c(c2)OC(C)(C)O3)cc1. The van der Waals surface area contributed by atoms with Crippen LogP contribution in [0.3, 0.4) is 0 Å². The zero-order valence-electron chi connectivity index (χ0n) is 17.9. The highest BCUT2D eigenvalue weighted by molar-refractivity contribution is 7.89. The van der Waals surface area contributed by atoms with Gasteiger partial charge < -0.3 is 14.8 Å². The Bertz CT molecular complexity index is 1030. The van der Waals surface area contributed by atoms with E-state index in [0.29, 0.717) is 23.6 Å². The highest BCUT2D eigenvalue weighted by Gasteiger charge is 2.32. The van der Waals surface area contributed by atoms with Gasteiger partial charge in [-0.15, -0.1) is 0 Å². The molecule has 1 aliphatic heterocycles. The van der Waals surface area contributed by atoms with Crippen LogP contribution >= 0.6 is 0 Å². The number of anilines is 1. The van der Waals surface area contributed by atoms with Crippen molar-refractivity contribution >= 4 is 21.6 Å². The van der Waals surface area contributed by atoms with E-state index in [1.54, 1.807) is 44.2 Å². The summed E-state index contributed by atoms with van der Waals surface area (Å²) in [7, 11) is -3.84. The van der Waals surface area contributed by atoms with Gasteiger partial charge in [-0.2, -0.15) is 4.72 Å². The van der Waals surface area contributed by atoms with E-state index in [1.165, 1.54) is 12.1 Å². The van der Waals surface area contributed by atoms with E-state index in [0.717, 1.165) is 5.56 Å². The van der Waals surface area contributed by atoms with E-state index in [4.69, 9.17) is 9.47 Å². The molecule has 2 aromatic rings. The van der Waals surface area contributed by atoms with Crippen LogP contribution in [0.2, 0.25) is 0 Å². The Morgan fingerprint density at radius 1 is 1.03 bits per heavy atom. The van der Waals surface area contributed by atoms with Gasteiger partial charge in [-0.3, -0.25) is 4.79 Å². The van der Waals surface area contributed by atoms with Crippen molar-refractivity contribution in [3.05, 3.63) is 48.0 Å². The average Bonchev–Trinajstić information content (AvgIpc) is 2.94. The Labute approximate surface area is 177 Å². The topological polar surface area (TPSA) is 93.7 Å². The summed E-state index contributed by atoms with van der Waals surface area (Å²) < 4.78 is 39.5. The highest BCUT2D eigenvalue weighted by atomic mass is 32.2. The maximum absolute atomic E-state index is 12.9. The van der Waals surface area contributed by atoms with Crippen LogP contribution in [0.15, 0.2) is 47.4 Å². The molecule has 1 heterocycles. The molecule has 2 N–H and O–H groups in total. The van der Waals surface area contributed by atoms with E-state index in [-0.39, 0.29) is 10.8 Å². The number of nitrogens with one attached hydrogen (secondary N) is 2. The van der Waals surface area contributed by atoms with Crippen molar-refractivity contribution in [1.82, 2.24) is 4.72 Å². The summed E-state index contributed by atoms with van der Waals surface area (Å²) in [6, 6.07) is 10.7. The molecule has 3 rings (SSSR count). The fraction of sp³-hybridized carbons (Fsp3) is 0.409. The van der Waals surface area contributed by atoms with Gasteiger partial charge in [0, 0.05) is 25.6 Å². The molecule has 7 nitrogen and oxygen atoms in total. The summed E-state index contributed by atoms with van der Waals surface area (Å²) >= 11 is 0. The van der Waals surface area contributed by atoms with Crippen LogP contribution in [0, 0.1) is 12.8 Å². The van der Waals surface area contributed by atoms with Gasteiger partial charge in [0.2, 0.25) is 21.7 Å². The third kappa shape index (κ3) is 5.31. The number of rotatable bonds is 7. The number of benzene rings is 2. The molecule has 0 saturated carbocycles. The summed E-state index contributed by atoms with van der Waals surface area (Å²) in [6.45, 7) is 9.34. The first kappa shape index (κ1) is 22.1. The van der Waals surface area contributed by atoms with Gasteiger partial charge >= 0.3 is 0 Å². The number of carbonyl (C=O) groups excluding carboxylic acids is 1. The molecule has 0 fully saturated rings. The summed E-state index contributed by atoms with van der Waals surface area (Å²) in [6.07, 6.45) is 0.356. The molecule has 0 spiro atoms. The summed E-state index contributed by atoms with van der Waals surface area (Å²) in [5, 5.41) is 2.79. The van der Waals surface area contributed by atoms with E-state index in [1.807, 2.05) is 20.8 Å². The monoisotopic (exact) mass is 432 g/mol. The van der Waals surface area contributed by atoms with Gasteiger partial charge in [-0.25, -0.2) is 8.42 Å². The third-order valence-electron chi connectivity index (χ3n) is 4.58. The van der Waals surface area contributed by atoms with E-state index >= 15 is 0 Å². The molecule has 0 radical (unpaired) electrons. The van der Waals surface area contributed by atoms with Crippen molar-refractivity contribution < 1.29 is 22.7 Å². The molecule has 1 atom stereocenters. The first-order valence-corrected chi connectivity index (χ1v) is 11.4. The van der Waals surface area contributed by atoms with E-state index in [2.05, 4.69) is 10.0 Å². The molecule has 2 aromatic carbocycles. The van der Waals surface area contributed by atoms with Crippen LogP contribution in [0.4, 0.5) is 5.69 Å². The van der Waals surface area contributed by atoms with Crippen LogP contribution in [0.25, 0.3) is 0 Å². The Hall–Kier alpha value is -2.58. The lowest BCUT2D eigenvalue weighted by atomic mass is 10.0. The smallest absolute Gasteiger partial charge is 0.246 e. The van der Waals surface area contributed by atoms with Crippen molar-refractivity contribution in [2.45, 2.75) is 57.8 Å². The summed E-state index contributed by atoms with van der Waals surface area (Å²) in [5.41, 5.74) is 1.46.